The molecule has 1 amide bonds. The summed E-state index contributed by atoms with van der Waals surface area (Å²) >= 11 is 5.90. The van der Waals surface area contributed by atoms with Crippen LogP contribution < -0.4 is 9.64 Å². The molecule has 40 heavy (non-hydrogen) atoms. The highest BCUT2D eigenvalue weighted by Crippen LogP contribution is 2.23. The van der Waals surface area contributed by atoms with Crippen molar-refractivity contribution in [3.63, 3.8) is 0 Å². The Kier molecular flexibility index (Phi) is 9.59. The van der Waals surface area contributed by atoms with Crippen molar-refractivity contribution in [2.24, 2.45) is 0 Å². The summed E-state index contributed by atoms with van der Waals surface area (Å²) in [6.07, 6.45) is 1.91. The summed E-state index contributed by atoms with van der Waals surface area (Å²) in [4.78, 5) is 26.3. The van der Waals surface area contributed by atoms with Gasteiger partial charge in [-0.2, -0.15) is 0 Å². The molecule has 0 bridgehead atoms. The minimum absolute atomic E-state index is 0.0712. The van der Waals surface area contributed by atoms with Gasteiger partial charge in [0.05, 0.1) is 6.54 Å². The molecular formula is C30H38ClN5O4. The third-order valence-electron chi connectivity index (χ3n) is 7.60. The highest BCUT2D eigenvalue weighted by atomic mass is 35.5. The number of amides is 1. The van der Waals surface area contributed by atoms with Crippen molar-refractivity contribution in [1.29, 1.82) is 0 Å². The van der Waals surface area contributed by atoms with Crippen molar-refractivity contribution in [3.8, 4) is 5.75 Å². The maximum Gasteiger partial charge on any atom is 0.275 e. The van der Waals surface area contributed by atoms with E-state index in [1.807, 2.05) is 4.90 Å². The number of para-hydroxylation sites is 1. The van der Waals surface area contributed by atoms with Gasteiger partial charge in [-0.05, 0) is 42.3 Å². The van der Waals surface area contributed by atoms with Crippen molar-refractivity contribution in [1.82, 2.24) is 19.7 Å². The number of benzene rings is 2. The lowest BCUT2D eigenvalue weighted by molar-refractivity contribution is 0.0430. The highest BCUT2D eigenvalue weighted by molar-refractivity contribution is 6.30. The quantitative estimate of drug-likeness (QED) is 0.399. The second-order valence-electron chi connectivity index (χ2n) is 10.4. The van der Waals surface area contributed by atoms with Crippen LogP contribution in [0.15, 0.2) is 59.2 Å². The van der Waals surface area contributed by atoms with E-state index in [1.54, 1.807) is 24.3 Å². The Bertz CT molecular complexity index is 1240. The van der Waals surface area contributed by atoms with Gasteiger partial charge >= 0.3 is 0 Å². The summed E-state index contributed by atoms with van der Waals surface area (Å²) in [5.74, 6) is 1.18. The summed E-state index contributed by atoms with van der Waals surface area (Å²) in [5.41, 5.74) is 2.98. The average molecular weight is 568 g/mol. The number of anilines is 1. The molecular weight excluding hydrogens is 530 g/mol. The molecule has 5 rings (SSSR count). The first kappa shape index (κ1) is 28.4. The fraction of sp³-hybridized carbons (Fsp3) is 0.467. The second-order valence-corrected chi connectivity index (χ2v) is 10.8. The molecule has 2 aromatic carbocycles. The van der Waals surface area contributed by atoms with E-state index in [2.05, 4.69) is 50.9 Å². The van der Waals surface area contributed by atoms with Gasteiger partial charge in [0.25, 0.3) is 5.91 Å². The molecule has 1 aromatic heterocycles. The molecule has 2 fully saturated rings. The molecule has 3 aromatic rings. The van der Waals surface area contributed by atoms with Crippen LogP contribution in [0.4, 0.5) is 5.69 Å². The standard InChI is InChI=1S/C30H38ClN5O4/c1-2-23-5-3-4-6-28(23)35-15-17-36(18-16-35)30(38)27-22-40-29(32-27)20-34-13-11-33(12-14-34)19-25(37)21-39-26-9-7-24(31)8-10-26/h3-10,22,25,37H,2,11-21H2,1H3/t25-/m0/s1. The van der Waals surface area contributed by atoms with E-state index in [0.717, 1.165) is 45.7 Å². The Balaban J connectivity index is 1.03. The fourth-order valence-electron chi connectivity index (χ4n) is 5.31. The number of aliphatic hydroxyl groups is 1. The number of halogens is 1. The van der Waals surface area contributed by atoms with Crippen molar-refractivity contribution < 1.29 is 19.1 Å². The summed E-state index contributed by atoms with van der Waals surface area (Å²) in [6, 6.07) is 15.6. The smallest absolute Gasteiger partial charge is 0.275 e. The van der Waals surface area contributed by atoms with Crippen LogP contribution in [0, 0.1) is 0 Å². The van der Waals surface area contributed by atoms with E-state index >= 15 is 0 Å². The molecule has 0 radical (unpaired) electrons. The van der Waals surface area contributed by atoms with Gasteiger partial charge < -0.3 is 24.1 Å². The van der Waals surface area contributed by atoms with Gasteiger partial charge in [0.1, 0.15) is 24.7 Å². The van der Waals surface area contributed by atoms with Gasteiger partial charge in [-0.1, -0.05) is 36.7 Å². The van der Waals surface area contributed by atoms with Gasteiger partial charge in [0, 0.05) is 69.6 Å². The minimum atomic E-state index is -0.578. The van der Waals surface area contributed by atoms with Crippen molar-refractivity contribution >= 4 is 23.2 Å². The lowest BCUT2D eigenvalue weighted by atomic mass is 10.1. The van der Waals surface area contributed by atoms with Crippen LogP contribution >= 0.6 is 11.6 Å². The SMILES string of the molecule is CCc1ccccc1N1CCN(C(=O)c2coc(CN3CCN(C[C@H](O)COc4ccc(Cl)cc4)CC3)n2)CC1. The number of ether oxygens (including phenoxy) is 1. The number of nitrogens with zero attached hydrogens (tertiary/aromatic N) is 5. The van der Waals surface area contributed by atoms with Crippen LogP contribution in [0.5, 0.6) is 5.75 Å². The lowest BCUT2D eigenvalue weighted by Gasteiger charge is -2.36. The van der Waals surface area contributed by atoms with Crippen LogP contribution in [0.2, 0.25) is 5.02 Å². The zero-order valence-corrected chi connectivity index (χ0v) is 23.8. The second kappa shape index (κ2) is 13.5. The zero-order valence-electron chi connectivity index (χ0n) is 23.0. The monoisotopic (exact) mass is 567 g/mol. The normalized spacial score (nSPS) is 17.7. The number of hydrogen-bond donors (Lipinski definition) is 1. The Morgan fingerprint density at radius 2 is 1.70 bits per heavy atom. The molecule has 0 unspecified atom stereocenters. The molecule has 0 aliphatic carbocycles. The lowest BCUT2D eigenvalue weighted by Crippen LogP contribution is -2.49. The Hall–Kier alpha value is -3.11. The molecule has 3 heterocycles. The van der Waals surface area contributed by atoms with Gasteiger partial charge in [-0.3, -0.25) is 14.6 Å². The number of rotatable bonds is 10. The van der Waals surface area contributed by atoms with E-state index in [1.165, 1.54) is 17.5 Å². The van der Waals surface area contributed by atoms with Crippen LogP contribution in [0.3, 0.4) is 0 Å². The van der Waals surface area contributed by atoms with Crippen molar-refractivity contribution in [3.05, 3.63) is 77.0 Å². The number of carbonyl (C=O) groups is 1. The van der Waals surface area contributed by atoms with E-state index in [9.17, 15) is 9.90 Å². The molecule has 2 aliphatic heterocycles. The number of aromatic nitrogens is 1. The number of aryl methyl sites for hydroxylation is 1. The summed E-state index contributed by atoms with van der Waals surface area (Å²) < 4.78 is 11.3. The number of piperazine rings is 2. The Labute approximate surface area is 240 Å². The van der Waals surface area contributed by atoms with Crippen LogP contribution in [-0.4, -0.2) is 102 Å². The first-order chi connectivity index (χ1) is 19.5. The maximum atomic E-state index is 13.1. The molecule has 10 heteroatoms. The molecule has 9 nitrogen and oxygen atoms in total. The molecule has 214 valence electrons. The van der Waals surface area contributed by atoms with E-state index in [0.29, 0.717) is 48.5 Å². The average Bonchev–Trinajstić information content (AvgIpc) is 3.46. The maximum absolute atomic E-state index is 13.1. The van der Waals surface area contributed by atoms with E-state index < -0.39 is 6.10 Å². The molecule has 2 aliphatic rings. The van der Waals surface area contributed by atoms with Crippen LogP contribution in [0.25, 0.3) is 0 Å². The number of aliphatic hydroxyl groups excluding tert-OH is 1. The highest BCUT2D eigenvalue weighted by Gasteiger charge is 2.26. The topological polar surface area (TPSA) is 85.5 Å². The largest absolute Gasteiger partial charge is 0.491 e. The zero-order chi connectivity index (χ0) is 27.9. The number of oxazole rings is 1. The molecule has 2 saturated heterocycles. The van der Waals surface area contributed by atoms with Crippen molar-refractivity contribution in [2.45, 2.75) is 26.0 Å². The molecule has 1 atom stereocenters. The van der Waals surface area contributed by atoms with Crippen LogP contribution in [-0.2, 0) is 13.0 Å². The first-order valence-corrected chi connectivity index (χ1v) is 14.4. The molecule has 1 N–H and O–H groups in total. The fourth-order valence-corrected chi connectivity index (χ4v) is 5.43. The molecule has 0 spiro atoms. The molecule has 0 saturated carbocycles. The number of hydrogen-bond acceptors (Lipinski definition) is 8. The first-order valence-electron chi connectivity index (χ1n) is 14.1. The predicted octanol–water partition coefficient (Wildman–Crippen LogP) is 3.41. The number of carbonyl (C=O) groups excluding carboxylic acids is 1. The summed E-state index contributed by atoms with van der Waals surface area (Å²) in [6.45, 7) is 9.78. The summed E-state index contributed by atoms with van der Waals surface area (Å²) in [5, 5.41) is 11.1. The van der Waals surface area contributed by atoms with E-state index in [4.69, 9.17) is 20.8 Å². The Morgan fingerprint density at radius 1 is 1.00 bits per heavy atom. The number of β-amino-alcohol motifs (C(OH)–C–C–N with tert-alkyl or cyclic N) is 1. The van der Waals surface area contributed by atoms with Crippen LogP contribution in [0.1, 0.15) is 28.9 Å². The minimum Gasteiger partial charge on any atom is -0.491 e. The predicted molar refractivity (Wildman–Crippen MR) is 155 cm³/mol. The van der Waals surface area contributed by atoms with Gasteiger partial charge in [-0.15, -0.1) is 0 Å². The van der Waals surface area contributed by atoms with E-state index in [-0.39, 0.29) is 12.5 Å². The van der Waals surface area contributed by atoms with Gasteiger partial charge in [0.15, 0.2) is 5.69 Å². The Morgan fingerprint density at radius 3 is 2.42 bits per heavy atom. The van der Waals surface area contributed by atoms with Crippen molar-refractivity contribution in [2.75, 3.05) is 70.4 Å². The van der Waals surface area contributed by atoms with Gasteiger partial charge in [-0.25, -0.2) is 4.98 Å². The summed E-state index contributed by atoms with van der Waals surface area (Å²) in [7, 11) is 0. The third-order valence-corrected chi connectivity index (χ3v) is 7.85. The third kappa shape index (κ3) is 7.34. The van der Waals surface area contributed by atoms with Gasteiger partial charge in [0.2, 0.25) is 5.89 Å².